The van der Waals surface area contributed by atoms with Crippen molar-refractivity contribution in [3.63, 3.8) is 0 Å². The molecule has 0 spiro atoms. The van der Waals surface area contributed by atoms with E-state index in [-0.39, 0.29) is 12.6 Å². The lowest BCUT2D eigenvalue weighted by Gasteiger charge is -2.27. The molecule has 1 aromatic heterocycles. The summed E-state index contributed by atoms with van der Waals surface area (Å²) in [7, 11) is 0. The van der Waals surface area contributed by atoms with Gasteiger partial charge in [0.25, 0.3) is 0 Å². The first-order chi connectivity index (χ1) is 7.27. The van der Waals surface area contributed by atoms with Crippen LogP contribution in [-0.2, 0) is 6.54 Å². The van der Waals surface area contributed by atoms with Gasteiger partial charge in [0, 0.05) is 12.5 Å². The predicted octanol–water partition coefficient (Wildman–Crippen LogP) is 0.558. The highest BCUT2D eigenvalue weighted by molar-refractivity contribution is 5.18. The predicted molar refractivity (Wildman–Crippen MR) is 56.3 cm³/mol. The highest BCUT2D eigenvalue weighted by atomic mass is 16.3. The fraction of sp³-hybridized carbons (Fsp3) is 0.800. The fourth-order valence-corrected chi connectivity index (χ4v) is 1.99. The summed E-state index contributed by atoms with van der Waals surface area (Å²) in [5.74, 6) is 0.549. The van der Waals surface area contributed by atoms with Crippen molar-refractivity contribution in [3.05, 3.63) is 11.4 Å². The van der Waals surface area contributed by atoms with E-state index in [1.54, 1.807) is 0 Å². The minimum absolute atomic E-state index is 0.00611. The van der Waals surface area contributed by atoms with Crippen LogP contribution in [0.15, 0.2) is 0 Å². The van der Waals surface area contributed by atoms with Crippen LogP contribution in [-0.4, -0.2) is 26.7 Å². The molecule has 1 aliphatic carbocycles. The highest BCUT2D eigenvalue weighted by Gasteiger charge is 2.28. The lowest BCUT2D eigenvalue weighted by Crippen LogP contribution is -2.21. The number of aliphatic hydroxyl groups excluding tert-OH is 1. The Morgan fingerprint density at radius 1 is 1.60 bits per heavy atom. The minimum Gasteiger partial charge on any atom is -0.394 e. The fourth-order valence-electron chi connectivity index (χ4n) is 1.99. The molecule has 0 amide bonds. The van der Waals surface area contributed by atoms with Gasteiger partial charge in [-0.05, 0) is 19.8 Å². The van der Waals surface area contributed by atoms with E-state index in [1.807, 2.05) is 11.6 Å². The van der Waals surface area contributed by atoms with Gasteiger partial charge in [0.05, 0.1) is 24.0 Å². The molecule has 3 N–H and O–H groups in total. The SMILES string of the molecule is CC(CO)n1nnc(CN)c1C1CCC1. The van der Waals surface area contributed by atoms with Gasteiger partial charge >= 0.3 is 0 Å². The number of nitrogens with two attached hydrogens (primary N) is 1. The average Bonchev–Trinajstić information content (AvgIpc) is 2.58. The van der Waals surface area contributed by atoms with E-state index in [1.165, 1.54) is 19.3 Å². The Morgan fingerprint density at radius 3 is 2.80 bits per heavy atom. The number of rotatable bonds is 4. The molecule has 0 saturated heterocycles. The maximum absolute atomic E-state index is 9.15. The summed E-state index contributed by atoms with van der Waals surface area (Å²) in [5, 5.41) is 17.3. The van der Waals surface area contributed by atoms with Crippen LogP contribution in [0.5, 0.6) is 0 Å². The summed E-state index contributed by atoms with van der Waals surface area (Å²) in [6.07, 6.45) is 3.66. The van der Waals surface area contributed by atoms with Crippen LogP contribution in [0.2, 0.25) is 0 Å². The molecule has 1 saturated carbocycles. The molecular weight excluding hydrogens is 192 g/mol. The highest BCUT2D eigenvalue weighted by Crippen LogP contribution is 2.38. The molecule has 1 atom stereocenters. The Bertz CT molecular complexity index is 332. The van der Waals surface area contributed by atoms with E-state index in [9.17, 15) is 0 Å². The van der Waals surface area contributed by atoms with Gasteiger partial charge in [-0.2, -0.15) is 0 Å². The second-order valence-corrected chi connectivity index (χ2v) is 4.23. The van der Waals surface area contributed by atoms with Crippen LogP contribution in [0.25, 0.3) is 0 Å². The van der Waals surface area contributed by atoms with Crippen molar-refractivity contribution in [1.29, 1.82) is 0 Å². The average molecular weight is 210 g/mol. The molecule has 2 rings (SSSR count). The lowest BCUT2D eigenvalue weighted by molar-refractivity contribution is 0.220. The van der Waals surface area contributed by atoms with E-state index in [0.717, 1.165) is 11.4 Å². The third-order valence-electron chi connectivity index (χ3n) is 3.17. The van der Waals surface area contributed by atoms with Gasteiger partial charge in [0.2, 0.25) is 0 Å². The Balaban J connectivity index is 2.32. The Kier molecular flexibility index (Phi) is 3.02. The number of nitrogens with zero attached hydrogens (tertiary/aromatic N) is 3. The van der Waals surface area contributed by atoms with Gasteiger partial charge < -0.3 is 10.8 Å². The molecule has 1 heterocycles. The monoisotopic (exact) mass is 210 g/mol. The van der Waals surface area contributed by atoms with Crippen LogP contribution >= 0.6 is 0 Å². The quantitative estimate of drug-likeness (QED) is 0.761. The molecule has 0 bridgehead atoms. The Labute approximate surface area is 89.3 Å². The molecule has 0 aromatic carbocycles. The molecule has 84 valence electrons. The number of aromatic nitrogens is 3. The van der Waals surface area contributed by atoms with Crippen LogP contribution in [0.3, 0.4) is 0 Å². The van der Waals surface area contributed by atoms with Crippen molar-refractivity contribution in [2.75, 3.05) is 6.61 Å². The maximum Gasteiger partial charge on any atom is 0.0997 e. The largest absolute Gasteiger partial charge is 0.394 e. The first-order valence-corrected chi connectivity index (χ1v) is 5.52. The second kappa shape index (κ2) is 4.28. The van der Waals surface area contributed by atoms with Crippen molar-refractivity contribution in [3.8, 4) is 0 Å². The van der Waals surface area contributed by atoms with Crippen LogP contribution < -0.4 is 5.73 Å². The van der Waals surface area contributed by atoms with E-state index < -0.39 is 0 Å². The van der Waals surface area contributed by atoms with Crippen LogP contribution in [0.4, 0.5) is 0 Å². The van der Waals surface area contributed by atoms with Gasteiger partial charge in [-0.3, -0.25) is 0 Å². The molecule has 1 unspecified atom stereocenters. The molecule has 15 heavy (non-hydrogen) atoms. The number of hydrogen-bond acceptors (Lipinski definition) is 4. The third kappa shape index (κ3) is 1.77. The van der Waals surface area contributed by atoms with Gasteiger partial charge in [-0.25, -0.2) is 4.68 Å². The molecule has 1 aliphatic rings. The van der Waals surface area contributed by atoms with Gasteiger partial charge in [-0.15, -0.1) is 5.10 Å². The van der Waals surface area contributed by atoms with Crippen molar-refractivity contribution in [2.45, 2.75) is 44.7 Å². The summed E-state index contributed by atoms with van der Waals surface area (Å²) in [6, 6.07) is -0.00611. The molecule has 1 aromatic rings. The van der Waals surface area contributed by atoms with Crippen LogP contribution in [0, 0.1) is 0 Å². The molecule has 5 nitrogen and oxygen atoms in total. The number of aliphatic hydroxyl groups is 1. The van der Waals surface area contributed by atoms with E-state index >= 15 is 0 Å². The third-order valence-corrected chi connectivity index (χ3v) is 3.17. The van der Waals surface area contributed by atoms with Gasteiger partial charge in [-0.1, -0.05) is 11.6 Å². The van der Waals surface area contributed by atoms with Crippen molar-refractivity contribution in [1.82, 2.24) is 15.0 Å². The molecule has 0 aliphatic heterocycles. The minimum atomic E-state index is -0.00611. The van der Waals surface area contributed by atoms with E-state index in [2.05, 4.69) is 10.3 Å². The second-order valence-electron chi connectivity index (χ2n) is 4.23. The standard InChI is InChI=1S/C10H18N4O/c1-7(6-15)14-10(8-3-2-4-8)9(5-11)12-13-14/h7-8,15H,2-6,11H2,1H3. The maximum atomic E-state index is 9.15. The summed E-state index contributed by atoms with van der Waals surface area (Å²) in [4.78, 5) is 0. The summed E-state index contributed by atoms with van der Waals surface area (Å²) in [5.41, 5.74) is 7.68. The Morgan fingerprint density at radius 2 is 2.33 bits per heavy atom. The smallest absolute Gasteiger partial charge is 0.0997 e. The first kappa shape index (κ1) is 10.6. The zero-order chi connectivity index (χ0) is 10.8. The van der Waals surface area contributed by atoms with Gasteiger partial charge in [0.15, 0.2) is 0 Å². The van der Waals surface area contributed by atoms with Crippen LogP contribution in [0.1, 0.15) is 49.5 Å². The summed E-state index contributed by atoms with van der Waals surface area (Å²) >= 11 is 0. The topological polar surface area (TPSA) is 77.0 Å². The summed E-state index contributed by atoms with van der Waals surface area (Å²) < 4.78 is 1.84. The van der Waals surface area contributed by atoms with Crippen molar-refractivity contribution >= 4 is 0 Å². The molecule has 1 fully saturated rings. The Hall–Kier alpha value is -0.940. The summed E-state index contributed by atoms with van der Waals surface area (Å²) in [6.45, 7) is 2.47. The lowest BCUT2D eigenvalue weighted by atomic mass is 9.82. The van der Waals surface area contributed by atoms with Crippen molar-refractivity contribution in [2.24, 2.45) is 5.73 Å². The zero-order valence-corrected chi connectivity index (χ0v) is 9.06. The molecule has 0 radical (unpaired) electrons. The molecular formula is C10H18N4O. The number of hydrogen-bond donors (Lipinski definition) is 2. The first-order valence-electron chi connectivity index (χ1n) is 5.52. The van der Waals surface area contributed by atoms with Crippen molar-refractivity contribution < 1.29 is 5.11 Å². The normalized spacial score (nSPS) is 18.9. The molecule has 5 heteroatoms. The van der Waals surface area contributed by atoms with Gasteiger partial charge in [0.1, 0.15) is 0 Å². The van der Waals surface area contributed by atoms with E-state index in [4.69, 9.17) is 10.8 Å². The van der Waals surface area contributed by atoms with E-state index in [0.29, 0.717) is 12.5 Å². The zero-order valence-electron chi connectivity index (χ0n) is 9.06.